The van der Waals surface area contributed by atoms with Crippen LogP contribution in [0, 0.1) is 5.41 Å². The van der Waals surface area contributed by atoms with Gasteiger partial charge in [0.25, 0.3) is 0 Å². The van der Waals surface area contributed by atoms with Gasteiger partial charge in [-0.3, -0.25) is 9.59 Å². The minimum Gasteiger partial charge on any atom is -0.481 e. The third-order valence-electron chi connectivity index (χ3n) is 3.56. The Labute approximate surface area is 143 Å². The summed E-state index contributed by atoms with van der Waals surface area (Å²) in [5.41, 5.74) is 1.14. The molecule has 0 fully saturated rings. The molecule has 4 nitrogen and oxygen atoms in total. The van der Waals surface area contributed by atoms with E-state index in [4.69, 9.17) is 16.7 Å². The minimum absolute atomic E-state index is 0.0672. The lowest BCUT2D eigenvalue weighted by molar-refractivity contribution is -0.136. The summed E-state index contributed by atoms with van der Waals surface area (Å²) in [6.07, 6.45) is -0.291. The highest BCUT2D eigenvalue weighted by Gasteiger charge is 2.35. The first-order chi connectivity index (χ1) is 10.5. The molecule has 0 saturated heterocycles. The molecule has 0 radical (unpaired) electrons. The standard InChI is InChI=1S/C17H25ClO4Si/c1-17(2,3)11-23(4,22)15-7-5-12(10-18)9-13(15)14(19)6-8-16(20)21/h5,7,9,22H,6,8,10-11H2,1-4H3,(H,20,21). The van der Waals surface area contributed by atoms with Gasteiger partial charge in [-0.25, -0.2) is 0 Å². The molecule has 0 aliphatic rings. The van der Waals surface area contributed by atoms with Gasteiger partial charge in [-0.2, -0.15) is 0 Å². The van der Waals surface area contributed by atoms with Crippen molar-refractivity contribution < 1.29 is 19.5 Å². The van der Waals surface area contributed by atoms with E-state index >= 15 is 0 Å². The molecule has 1 atom stereocenters. The number of carboxylic acid groups (broad SMARTS) is 1. The Morgan fingerprint density at radius 3 is 2.30 bits per heavy atom. The number of hydrogen-bond donors (Lipinski definition) is 2. The fourth-order valence-corrected chi connectivity index (χ4v) is 6.51. The SMILES string of the molecule is CC(C)(C)C[Si](C)(O)c1ccc(CCl)cc1C(=O)CCC(=O)O. The summed E-state index contributed by atoms with van der Waals surface area (Å²) < 4.78 is 0. The van der Waals surface area contributed by atoms with Crippen molar-refractivity contribution in [1.82, 2.24) is 0 Å². The predicted molar refractivity (Wildman–Crippen MR) is 94.9 cm³/mol. The molecule has 0 heterocycles. The van der Waals surface area contributed by atoms with Crippen molar-refractivity contribution in [1.29, 1.82) is 0 Å². The maximum atomic E-state index is 12.5. The maximum Gasteiger partial charge on any atom is 0.303 e. The Morgan fingerprint density at radius 2 is 1.83 bits per heavy atom. The molecule has 2 N–H and O–H groups in total. The van der Waals surface area contributed by atoms with E-state index in [1.807, 2.05) is 33.4 Å². The van der Waals surface area contributed by atoms with Crippen LogP contribution in [-0.4, -0.2) is 30.0 Å². The first kappa shape index (κ1) is 19.9. The average molecular weight is 357 g/mol. The number of rotatable bonds is 7. The van der Waals surface area contributed by atoms with E-state index in [-0.39, 0.29) is 29.9 Å². The fourth-order valence-electron chi connectivity index (χ4n) is 2.86. The summed E-state index contributed by atoms with van der Waals surface area (Å²) in [6, 6.07) is 5.90. The zero-order valence-corrected chi connectivity index (χ0v) is 15.9. The molecule has 0 amide bonds. The van der Waals surface area contributed by atoms with Gasteiger partial charge in [-0.1, -0.05) is 32.9 Å². The van der Waals surface area contributed by atoms with Crippen LogP contribution in [0.25, 0.3) is 0 Å². The van der Waals surface area contributed by atoms with Gasteiger partial charge >= 0.3 is 5.97 Å². The largest absolute Gasteiger partial charge is 0.481 e. The van der Waals surface area contributed by atoms with Crippen LogP contribution in [0.2, 0.25) is 12.6 Å². The lowest BCUT2D eigenvalue weighted by atomic mass is 10.0. The second-order valence-corrected chi connectivity index (χ2v) is 11.0. The monoisotopic (exact) mass is 356 g/mol. The highest BCUT2D eigenvalue weighted by Crippen LogP contribution is 2.27. The third-order valence-corrected chi connectivity index (χ3v) is 7.21. The predicted octanol–water partition coefficient (Wildman–Crippen LogP) is 3.29. The average Bonchev–Trinajstić information content (AvgIpc) is 2.41. The second kappa shape index (κ2) is 7.60. The van der Waals surface area contributed by atoms with Crippen LogP contribution in [0.3, 0.4) is 0 Å². The number of ketones is 1. The maximum absolute atomic E-state index is 12.5. The fraction of sp³-hybridized carbons (Fsp3) is 0.529. The van der Waals surface area contributed by atoms with E-state index in [0.717, 1.165) is 5.56 Å². The molecule has 6 heteroatoms. The number of alkyl halides is 1. The van der Waals surface area contributed by atoms with E-state index in [2.05, 4.69) is 0 Å². The van der Waals surface area contributed by atoms with E-state index < -0.39 is 14.3 Å². The summed E-state index contributed by atoms with van der Waals surface area (Å²) >= 11 is 5.85. The van der Waals surface area contributed by atoms with Crippen molar-refractivity contribution >= 4 is 36.9 Å². The summed E-state index contributed by atoms with van der Waals surface area (Å²) in [6.45, 7) is 7.97. The number of hydrogen-bond acceptors (Lipinski definition) is 3. The number of benzene rings is 1. The molecule has 1 aromatic carbocycles. The Kier molecular flexibility index (Phi) is 6.56. The molecule has 23 heavy (non-hydrogen) atoms. The normalized spacial score (nSPS) is 14.3. The van der Waals surface area contributed by atoms with Crippen LogP contribution in [-0.2, 0) is 10.7 Å². The lowest BCUT2D eigenvalue weighted by Gasteiger charge is -2.30. The van der Waals surface area contributed by atoms with E-state index in [0.29, 0.717) is 16.8 Å². The van der Waals surface area contributed by atoms with Crippen LogP contribution in [0.4, 0.5) is 0 Å². The van der Waals surface area contributed by atoms with Crippen LogP contribution in [0.5, 0.6) is 0 Å². The van der Waals surface area contributed by atoms with Crippen molar-refractivity contribution in [2.45, 2.75) is 52.1 Å². The van der Waals surface area contributed by atoms with Gasteiger partial charge in [0.05, 0.1) is 6.42 Å². The van der Waals surface area contributed by atoms with Gasteiger partial charge in [-0.05, 0) is 34.8 Å². The number of carbonyl (C=O) groups excluding carboxylic acids is 1. The second-order valence-electron chi connectivity index (χ2n) is 7.34. The molecular weight excluding hydrogens is 332 g/mol. The van der Waals surface area contributed by atoms with Crippen LogP contribution >= 0.6 is 11.6 Å². The van der Waals surface area contributed by atoms with Gasteiger partial charge in [0, 0.05) is 17.9 Å². The summed E-state index contributed by atoms with van der Waals surface area (Å²) in [7, 11) is -2.83. The van der Waals surface area contributed by atoms with Crippen molar-refractivity contribution in [3.05, 3.63) is 29.3 Å². The van der Waals surface area contributed by atoms with Crippen LogP contribution in [0.15, 0.2) is 18.2 Å². The zero-order chi connectivity index (χ0) is 17.8. The number of Topliss-reactive ketones (excluding diaryl/α,β-unsaturated/α-hetero) is 1. The van der Waals surface area contributed by atoms with Crippen molar-refractivity contribution in [3.63, 3.8) is 0 Å². The molecule has 0 spiro atoms. The first-order valence-corrected chi connectivity index (χ1v) is 10.8. The summed E-state index contributed by atoms with van der Waals surface area (Å²) in [5, 5.41) is 9.44. The van der Waals surface area contributed by atoms with E-state index in [1.54, 1.807) is 12.1 Å². The van der Waals surface area contributed by atoms with Crippen molar-refractivity contribution in [2.75, 3.05) is 0 Å². The van der Waals surface area contributed by atoms with E-state index in [1.165, 1.54) is 0 Å². The summed E-state index contributed by atoms with van der Waals surface area (Å²) in [4.78, 5) is 34.2. The summed E-state index contributed by atoms with van der Waals surface area (Å²) in [5.74, 6) is -0.995. The minimum atomic E-state index is -2.83. The molecule has 1 unspecified atom stereocenters. The number of halogens is 1. The van der Waals surface area contributed by atoms with Gasteiger partial charge < -0.3 is 9.90 Å². The molecule has 0 saturated carbocycles. The molecule has 1 aromatic rings. The van der Waals surface area contributed by atoms with Crippen LogP contribution in [0.1, 0.15) is 49.5 Å². The molecule has 0 bridgehead atoms. The molecule has 0 aliphatic carbocycles. The molecule has 0 aromatic heterocycles. The molecule has 1 rings (SSSR count). The zero-order valence-electron chi connectivity index (χ0n) is 14.1. The quantitative estimate of drug-likeness (QED) is 0.446. The number of carboxylic acids is 1. The number of aliphatic carboxylic acids is 1. The van der Waals surface area contributed by atoms with Crippen LogP contribution < -0.4 is 5.19 Å². The Bertz CT molecular complexity index is 591. The van der Waals surface area contributed by atoms with Gasteiger partial charge in [-0.15, -0.1) is 11.6 Å². The molecule has 128 valence electrons. The lowest BCUT2D eigenvalue weighted by Crippen LogP contribution is -2.50. The molecular formula is C17H25ClO4Si. The first-order valence-electron chi connectivity index (χ1n) is 7.63. The van der Waals surface area contributed by atoms with Gasteiger partial charge in [0.15, 0.2) is 5.78 Å². The van der Waals surface area contributed by atoms with Crippen molar-refractivity contribution in [2.24, 2.45) is 5.41 Å². The molecule has 0 aliphatic heterocycles. The smallest absolute Gasteiger partial charge is 0.303 e. The van der Waals surface area contributed by atoms with E-state index in [9.17, 15) is 14.4 Å². The Hall–Kier alpha value is -1.17. The topological polar surface area (TPSA) is 74.6 Å². The Balaban J connectivity index is 3.25. The Morgan fingerprint density at radius 1 is 1.22 bits per heavy atom. The van der Waals surface area contributed by atoms with Crippen molar-refractivity contribution in [3.8, 4) is 0 Å². The third kappa shape index (κ3) is 6.09. The van der Waals surface area contributed by atoms with Gasteiger partial charge in [0.2, 0.25) is 8.32 Å². The number of carbonyl (C=O) groups is 2. The van der Waals surface area contributed by atoms with Gasteiger partial charge in [0.1, 0.15) is 0 Å². The highest BCUT2D eigenvalue weighted by molar-refractivity contribution is 6.85. The highest BCUT2D eigenvalue weighted by atomic mass is 35.5.